The van der Waals surface area contributed by atoms with Crippen LogP contribution in [0.2, 0.25) is 0 Å². The molecule has 20 heavy (non-hydrogen) atoms. The second-order valence-electron chi connectivity index (χ2n) is 4.72. The van der Waals surface area contributed by atoms with E-state index in [2.05, 4.69) is 42.0 Å². The molecule has 2 nitrogen and oxygen atoms in total. The summed E-state index contributed by atoms with van der Waals surface area (Å²) in [7, 11) is 0. The monoisotopic (exact) mass is 296 g/mol. The van der Waals surface area contributed by atoms with Crippen LogP contribution in [-0.4, -0.2) is 11.1 Å². The molecule has 0 atom stereocenters. The molecule has 0 spiro atoms. The van der Waals surface area contributed by atoms with Crippen LogP contribution >= 0.6 is 11.8 Å². The lowest BCUT2D eigenvalue weighted by Gasteiger charge is -1.92. The zero-order chi connectivity index (χ0) is 14.9. The van der Waals surface area contributed by atoms with Crippen LogP contribution in [0.25, 0.3) is 0 Å². The minimum absolute atomic E-state index is 0.287. The summed E-state index contributed by atoms with van der Waals surface area (Å²) in [5, 5.41) is 12.8. The van der Waals surface area contributed by atoms with Gasteiger partial charge in [0, 0.05) is 6.42 Å². The van der Waals surface area contributed by atoms with E-state index < -0.39 is 5.97 Å². The molecule has 0 aromatic heterocycles. The van der Waals surface area contributed by atoms with E-state index in [9.17, 15) is 4.79 Å². The van der Waals surface area contributed by atoms with Crippen molar-refractivity contribution in [2.24, 2.45) is 0 Å². The van der Waals surface area contributed by atoms with Gasteiger partial charge in [-0.05, 0) is 49.3 Å². The minimum Gasteiger partial charge on any atom is -0.481 e. The van der Waals surface area contributed by atoms with Crippen LogP contribution in [0.1, 0.15) is 64.7 Å². The van der Waals surface area contributed by atoms with Crippen LogP contribution in [0.4, 0.5) is 0 Å². The predicted molar refractivity (Wildman–Crippen MR) is 89.9 cm³/mol. The molecule has 0 saturated carbocycles. The summed E-state index contributed by atoms with van der Waals surface area (Å²) in [6.45, 7) is 2.22. The maximum atomic E-state index is 10.3. The van der Waals surface area contributed by atoms with Gasteiger partial charge in [0.2, 0.25) is 0 Å². The van der Waals surface area contributed by atoms with Crippen molar-refractivity contribution in [3.63, 3.8) is 0 Å². The summed E-state index contributed by atoms with van der Waals surface area (Å²) in [5.41, 5.74) is 0. The van der Waals surface area contributed by atoms with Crippen molar-refractivity contribution in [3.05, 3.63) is 35.1 Å². The van der Waals surface area contributed by atoms with Crippen molar-refractivity contribution >= 4 is 17.7 Å². The molecule has 0 aliphatic carbocycles. The quantitative estimate of drug-likeness (QED) is 0.338. The van der Waals surface area contributed by atoms with Gasteiger partial charge in [0.25, 0.3) is 0 Å². The standard InChI is InChI=1S/C17H28O2S/c1-2-3-4-9-12-15-20-16-13-10-7-5-6-8-11-14-17(18)19/h5,7,12-13,15-16H,2-4,6,8-11,14H2,1H3,(H,18,19)/b7-5+,15-12?,16-13+. The van der Waals surface area contributed by atoms with Crippen molar-refractivity contribution in [1.29, 1.82) is 0 Å². The van der Waals surface area contributed by atoms with Crippen molar-refractivity contribution in [3.8, 4) is 0 Å². The number of carbonyl (C=O) groups is 1. The number of hydrogen-bond donors (Lipinski definition) is 1. The summed E-state index contributed by atoms with van der Waals surface area (Å²) in [6.07, 6.45) is 17.7. The van der Waals surface area contributed by atoms with Crippen molar-refractivity contribution in [2.45, 2.75) is 64.7 Å². The molecule has 3 heteroatoms. The maximum Gasteiger partial charge on any atom is 0.303 e. The zero-order valence-electron chi connectivity index (χ0n) is 12.6. The summed E-state index contributed by atoms with van der Waals surface area (Å²) in [4.78, 5) is 10.3. The van der Waals surface area contributed by atoms with E-state index in [1.807, 2.05) is 0 Å². The minimum atomic E-state index is -0.698. The topological polar surface area (TPSA) is 37.3 Å². The third kappa shape index (κ3) is 17.0. The Morgan fingerprint density at radius 1 is 0.950 bits per heavy atom. The average molecular weight is 296 g/mol. The largest absolute Gasteiger partial charge is 0.481 e. The van der Waals surface area contributed by atoms with Crippen LogP contribution in [0.5, 0.6) is 0 Å². The normalized spacial score (nSPS) is 12.1. The van der Waals surface area contributed by atoms with Crippen LogP contribution in [0.3, 0.4) is 0 Å². The molecule has 0 aliphatic rings. The Hall–Kier alpha value is -0.960. The Morgan fingerprint density at radius 2 is 1.65 bits per heavy atom. The fraction of sp³-hybridized carbons (Fsp3) is 0.588. The van der Waals surface area contributed by atoms with Crippen LogP contribution in [0, 0.1) is 0 Å². The first kappa shape index (κ1) is 19.0. The second-order valence-corrected chi connectivity index (χ2v) is 5.54. The summed E-state index contributed by atoms with van der Waals surface area (Å²) in [5.74, 6) is -0.698. The second kappa shape index (κ2) is 16.1. The lowest BCUT2D eigenvalue weighted by molar-refractivity contribution is -0.137. The average Bonchev–Trinajstić information content (AvgIpc) is 2.43. The fourth-order valence-electron chi connectivity index (χ4n) is 1.62. The Balaban J connectivity index is 3.32. The lowest BCUT2D eigenvalue weighted by Crippen LogP contribution is -1.92. The van der Waals surface area contributed by atoms with Crippen molar-refractivity contribution in [1.82, 2.24) is 0 Å². The van der Waals surface area contributed by atoms with E-state index in [-0.39, 0.29) is 6.42 Å². The van der Waals surface area contributed by atoms with Gasteiger partial charge in [-0.3, -0.25) is 4.79 Å². The molecule has 0 heterocycles. The van der Waals surface area contributed by atoms with Gasteiger partial charge in [-0.2, -0.15) is 0 Å². The molecular formula is C17H28O2S. The molecule has 1 N–H and O–H groups in total. The third-order valence-electron chi connectivity index (χ3n) is 2.77. The highest BCUT2D eigenvalue weighted by Crippen LogP contribution is 2.08. The predicted octanol–water partition coefficient (Wildman–Crippen LogP) is 5.92. The highest BCUT2D eigenvalue weighted by molar-refractivity contribution is 8.04. The first-order chi connectivity index (χ1) is 9.77. The van der Waals surface area contributed by atoms with E-state index >= 15 is 0 Å². The molecule has 0 bridgehead atoms. The molecule has 0 amide bonds. The van der Waals surface area contributed by atoms with Crippen LogP contribution in [-0.2, 0) is 4.79 Å². The molecule has 0 aliphatic heterocycles. The molecule has 0 radical (unpaired) electrons. The Kier molecular flexibility index (Phi) is 15.3. The number of carboxylic acid groups (broad SMARTS) is 1. The molecule has 114 valence electrons. The van der Waals surface area contributed by atoms with Crippen molar-refractivity contribution in [2.75, 3.05) is 0 Å². The molecule has 0 unspecified atom stereocenters. The number of unbranched alkanes of at least 4 members (excludes halogenated alkanes) is 5. The van der Waals surface area contributed by atoms with Gasteiger partial charge < -0.3 is 5.11 Å². The van der Waals surface area contributed by atoms with E-state index in [4.69, 9.17) is 5.11 Å². The highest BCUT2D eigenvalue weighted by Gasteiger charge is 1.93. The summed E-state index contributed by atoms with van der Waals surface area (Å²) < 4.78 is 0. The van der Waals surface area contributed by atoms with Gasteiger partial charge in [0.05, 0.1) is 0 Å². The van der Waals surface area contributed by atoms with Gasteiger partial charge in [0.1, 0.15) is 0 Å². The van der Waals surface area contributed by atoms with Gasteiger partial charge in [-0.25, -0.2) is 0 Å². The first-order valence-corrected chi connectivity index (χ1v) is 8.54. The molecule has 0 saturated heterocycles. The number of aliphatic carboxylic acids is 1. The number of allylic oxidation sites excluding steroid dienone is 4. The van der Waals surface area contributed by atoms with Gasteiger partial charge in [0.15, 0.2) is 0 Å². The first-order valence-electron chi connectivity index (χ1n) is 7.59. The number of carboxylic acids is 1. The molecule has 0 aromatic carbocycles. The molecule has 0 rings (SSSR count). The van der Waals surface area contributed by atoms with Gasteiger partial charge in [-0.1, -0.05) is 44.1 Å². The molecule has 0 fully saturated rings. The highest BCUT2D eigenvalue weighted by atomic mass is 32.2. The van der Waals surface area contributed by atoms with Gasteiger partial charge in [-0.15, -0.1) is 11.8 Å². The molecular weight excluding hydrogens is 268 g/mol. The number of rotatable bonds is 13. The van der Waals surface area contributed by atoms with E-state index in [1.54, 1.807) is 11.8 Å². The van der Waals surface area contributed by atoms with E-state index in [0.29, 0.717) is 0 Å². The number of thioether (sulfide) groups is 1. The van der Waals surface area contributed by atoms with E-state index in [1.165, 1.54) is 25.7 Å². The summed E-state index contributed by atoms with van der Waals surface area (Å²) >= 11 is 1.73. The number of hydrogen-bond acceptors (Lipinski definition) is 2. The molecule has 0 aromatic rings. The Bertz CT molecular complexity index is 306. The van der Waals surface area contributed by atoms with Gasteiger partial charge >= 0.3 is 5.97 Å². The van der Waals surface area contributed by atoms with E-state index in [0.717, 1.165) is 25.7 Å². The Morgan fingerprint density at radius 3 is 2.40 bits per heavy atom. The van der Waals surface area contributed by atoms with Crippen molar-refractivity contribution < 1.29 is 9.90 Å². The summed E-state index contributed by atoms with van der Waals surface area (Å²) in [6, 6.07) is 0. The van der Waals surface area contributed by atoms with Crippen LogP contribution in [0.15, 0.2) is 35.1 Å². The fourth-order valence-corrected chi connectivity index (χ4v) is 2.18. The van der Waals surface area contributed by atoms with Crippen LogP contribution < -0.4 is 0 Å². The Labute approximate surface area is 128 Å². The maximum absolute atomic E-state index is 10.3. The smallest absolute Gasteiger partial charge is 0.303 e. The SMILES string of the molecule is CCCCCC=CS/C=C/C/C=C/CCCCC(=O)O. The lowest BCUT2D eigenvalue weighted by atomic mass is 10.2. The third-order valence-corrected chi connectivity index (χ3v) is 3.47. The zero-order valence-corrected chi connectivity index (χ0v) is 13.4.